The Hall–Kier alpha value is -0.160. The third-order valence-electron chi connectivity index (χ3n) is 7.22. The zero-order valence-electron chi connectivity index (χ0n) is 18.0. The summed E-state index contributed by atoms with van der Waals surface area (Å²) in [7, 11) is 0. The van der Waals surface area contributed by atoms with Gasteiger partial charge in [0.15, 0.2) is 0 Å². The molecule has 5 atom stereocenters. The van der Waals surface area contributed by atoms with Crippen LogP contribution < -0.4 is 5.32 Å². The summed E-state index contributed by atoms with van der Waals surface area (Å²) >= 11 is 0. The van der Waals surface area contributed by atoms with Crippen LogP contribution in [0.1, 0.15) is 84.5 Å². The largest absolute Gasteiger partial charge is 0.396 e. The molecular weight excluding hydrogens is 336 g/mol. The van der Waals surface area contributed by atoms with E-state index < -0.39 is 0 Å². The second-order valence-electron chi connectivity index (χ2n) is 9.32. The lowest BCUT2D eigenvalue weighted by atomic mass is 9.80. The second-order valence-corrected chi connectivity index (χ2v) is 9.32. The number of rotatable bonds is 12. The molecule has 0 aromatic rings. The van der Waals surface area contributed by atoms with Crippen LogP contribution in [0.5, 0.6) is 0 Å². The lowest BCUT2D eigenvalue weighted by molar-refractivity contribution is 0.0598. The molecule has 2 aliphatic rings. The number of aliphatic hydroxyl groups excluding tert-OH is 2. The zero-order valence-corrected chi connectivity index (χ0v) is 18.0. The number of nitrogens with one attached hydrogen (secondary N) is 1. The molecular formula is C23H46N2O2. The minimum Gasteiger partial charge on any atom is -0.396 e. The Balaban J connectivity index is 1.83. The lowest BCUT2D eigenvalue weighted by Gasteiger charge is -2.43. The molecule has 0 saturated carbocycles. The molecule has 5 unspecified atom stereocenters. The van der Waals surface area contributed by atoms with Gasteiger partial charge in [-0.05, 0) is 95.2 Å². The first kappa shape index (κ1) is 23.1. The van der Waals surface area contributed by atoms with Crippen molar-refractivity contribution in [1.29, 1.82) is 0 Å². The zero-order chi connectivity index (χ0) is 19.5. The maximum atomic E-state index is 9.39. The molecule has 3 N–H and O–H groups in total. The first-order chi connectivity index (χ1) is 13.2. The van der Waals surface area contributed by atoms with Crippen molar-refractivity contribution in [1.82, 2.24) is 10.2 Å². The summed E-state index contributed by atoms with van der Waals surface area (Å²) in [4.78, 5) is 2.77. The summed E-state index contributed by atoms with van der Waals surface area (Å²) in [5.74, 6) is 2.16. The molecule has 0 spiro atoms. The summed E-state index contributed by atoms with van der Waals surface area (Å²) in [6, 6.07) is 1.34. The molecule has 160 valence electrons. The SMILES string of the molecule is CCCCCN1CCC(CCO)CC1C(C)CCC1CC(CCO)CCN1. The molecule has 0 aliphatic carbocycles. The van der Waals surface area contributed by atoms with Gasteiger partial charge in [0.2, 0.25) is 0 Å². The molecule has 2 rings (SSSR count). The molecule has 27 heavy (non-hydrogen) atoms. The molecule has 2 heterocycles. The number of hydrogen-bond donors (Lipinski definition) is 3. The first-order valence-electron chi connectivity index (χ1n) is 11.9. The number of hydrogen-bond acceptors (Lipinski definition) is 4. The van der Waals surface area contributed by atoms with Gasteiger partial charge < -0.3 is 20.4 Å². The fourth-order valence-electron chi connectivity index (χ4n) is 5.42. The maximum absolute atomic E-state index is 9.39. The standard InChI is InChI=1S/C23H46N2O2/c1-3-4-5-13-25-14-9-21(11-16-27)18-23(25)19(2)6-7-22-17-20(10-15-26)8-12-24-22/h19-24,26-27H,3-18H2,1-2H3. The molecule has 0 aromatic carbocycles. The third-order valence-corrected chi connectivity index (χ3v) is 7.22. The second kappa shape index (κ2) is 13.1. The normalized spacial score (nSPS) is 31.1. The summed E-state index contributed by atoms with van der Waals surface area (Å²) < 4.78 is 0. The van der Waals surface area contributed by atoms with E-state index >= 15 is 0 Å². The van der Waals surface area contributed by atoms with E-state index in [1.807, 2.05) is 0 Å². The van der Waals surface area contributed by atoms with Crippen molar-refractivity contribution in [3.63, 3.8) is 0 Å². The van der Waals surface area contributed by atoms with Crippen molar-refractivity contribution in [2.45, 2.75) is 96.6 Å². The van der Waals surface area contributed by atoms with Crippen LogP contribution in [-0.2, 0) is 0 Å². The average Bonchev–Trinajstić information content (AvgIpc) is 2.68. The highest BCUT2D eigenvalue weighted by atomic mass is 16.3. The average molecular weight is 383 g/mol. The fraction of sp³-hybridized carbons (Fsp3) is 1.00. The molecule has 4 heteroatoms. The van der Waals surface area contributed by atoms with E-state index in [2.05, 4.69) is 24.1 Å². The number of piperidine rings is 2. The van der Waals surface area contributed by atoms with E-state index in [0.717, 1.165) is 25.3 Å². The molecule has 0 radical (unpaired) electrons. The van der Waals surface area contributed by atoms with Crippen molar-refractivity contribution < 1.29 is 10.2 Å². The van der Waals surface area contributed by atoms with E-state index in [1.54, 1.807) is 0 Å². The summed E-state index contributed by atoms with van der Waals surface area (Å²) in [6.45, 7) is 9.05. The molecule has 4 nitrogen and oxygen atoms in total. The number of nitrogens with zero attached hydrogens (tertiary/aromatic N) is 1. The van der Waals surface area contributed by atoms with Gasteiger partial charge >= 0.3 is 0 Å². The van der Waals surface area contributed by atoms with Gasteiger partial charge in [-0.15, -0.1) is 0 Å². The van der Waals surface area contributed by atoms with Crippen molar-refractivity contribution >= 4 is 0 Å². The van der Waals surface area contributed by atoms with Crippen LogP contribution >= 0.6 is 0 Å². The highest BCUT2D eigenvalue weighted by molar-refractivity contribution is 4.87. The fourth-order valence-corrected chi connectivity index (χ4v) is 5.42. The van der Waals surface area contributed by atoms with Crippen LogP contribution in [0, 0.1) is 17.8 Å². The van der Waals surface area contributed by atoms with E-state index in [4.69, 9.17) is 0 Å². The van der Waals surface area contributed by atoms with Crippen molar-refractivity contribution in [3.05, 3.63) is 0 Å². The first-order valence-corrected chi connectivity index (χ1v) is 11.9. The summed E-state index contributed by atoms with van der Waals surface area (Å²) in [5, 5.41) is 22.3. The number of likely N-dealkylation sites (tertiary alicyclic amines) is 1. The van der Waals surface area contributed by atoms with Gasteiger partial charge in [0.05, 0.1) is 0 Å². The van der Waals surface area contributed by atoms with Crippen molar-refractivity contribution in [3.8, 4) is 0 Å². The van der Waals surface area contributed by atoms with Crippen LogP contribution in [0.4, 0.5) is 0 Å². The molecule has 2 fully saturated rings. The van der Waals surface area contributed by atoms with Gasteiger partial charge in [-0.2, -0.15) is 0 Å². The molecule has 0 amide bonds. The Morgan fingerprint density at radius 2 is 1.74 bits per heavy atom. The van der Waals surface area contributed by atoms with Crippen LogP contribution in [-0.4, -0.2) is 60.0 Å². The number of unbranched alkanes of at least 4 members (excludes halogenated alkanes) is 2. The number of aliphatic hydroxyl groups is 2. The van der Waals surface area contributed by atoms with Crippen LogP contribution in [0.2, 0.25) is 0 Å². The predicted octanol–water partition coefficient (Wildman–Crippen LogP) is 3.81. The van der Waals surface area contributed by atoms with Gasteiger partial charge in [0.1, 0.15) is 0 Å². The van der Waals surface area contributed by atoms with E-state index in [-0.39, 0.29) is 0 Å². The van der Waals surface area contributed by atoms with E-state index in [0.29, 0.717) is 37.1 Å². The predicted molar refractivity (Wildman–Crippen MR) is 114 cm³/mol. The highest BCUT2D eigenvalue weighted by Gasteiger charge is 2.32. The van der Waals surface area contributed by atoms with Gasteiger partial charge in [-0.25, -0.2) is 0 Å². The quantitative estimate of drug-likeness (QED) is 0.449. The monoisotopic (exact) mass is 382 g/mol. The van der Waals surface area contributed by atoms with E-state index in [9.17, 15) is 10.2 Å². The van der Waals surface area contributed by atoms with Crippen LogP contribution in [0.25, 0.3) is 0 Å². The molecule has 0 bridgehead atoms. The summed E-state index contributed by atoms with van der Waals surface area (Å²) in [5.41, 5.74) is 0. The minimum absolute atomic E-state index is 0.342. The third kappa shape index (κ3) is 8.00. The topological polar surface area (TPSA) is 55.7 Å². The van der Waals surface area contributed by atoms with Crippen molar-refractivity contribution in [2.24, 2.45) is 17.8 Å². The Morgan fingerprint density at radius 3 is 2.44 bits per heavy atom. The van der Waals surface area contributed by atoms with E-state index in [1.165, 1.54) is 70.9 Å². The summed E-state index contributed by atoms with van der Waals surface area (Å²) in [6.07, 6.45) is 13.5. The Labute approximate surface area is 168 Å². The maximum Gasteiger partial charge on any atom is 0.0433 e. The van der Waals surface area contributed by atoms with Gasteiger partial charge in [0, 0.05) is 25.3 Å². The molecule has 2 saturated heterocycles. The van der Waals surface area contributed by atoms with Gasteiger partial charge in [0.25, 0.3) is 0 Å². The Morgan fingerprint density at radius 1 is 1.00 bits per heavy atom. The Kier molecular flexibility index (Phi) is 11.2. The highest BCUT2D eigenvalue weighted by Crippen LogP contribution is 2.32. The van der Waals surface area contributed by atoms with Crippen molar-refractivity contribution in [2.75, 3.05) is 32.8 Å². The van der Waals surface area contributed by atoms with Gasteiger partial charge in [-0.3, -0.25) is 0 Å². The Bertz CT molecular complexity index is 377. The van der Waals surface area contributed by atoms with Crippen LogP contribution in [0.15, 0.2) is 0 Å². The smallest absolute Gasteiger partial charge is 0.0433 e. The minimum atomic E-state index is 0.342. The van der Waals surface area contributed by atoms with Crippen LogP contribution in [0.3, 0.4) is 0 Å². The van der Waals surface area contributed by atoms with Gasteiger partial charge in [-0.1, -0.05) is 26.7 Å². The molecule has 0 aromatic heterocycles. The molecule has 2 aliphatic heterocycles. The lowest BCUT2D eigenvalue weighted by Crippen LogP contribution is -2.47.